The van der Waals surface area contributed by atoms with E-state index in [2.05, 4.69) is 15.4 Å². The van der Waals surface area contributed by atoms with Gasteiger partial charge in [-0.1, -0.05) is 0 Å². The molecule has 1 N–H and O–H groups in total. The van der Waals surface area contributed by atoms with Crippen LogP contribution in [0.1, 0.15) is 25.0 Å². The molecule has 2 aromatic rings. The highest BCUT2D eigenvalue weighted by molar-refractivity contribution is 5.79. The Hall–Kier alpha value is -2.15. The highest BCUT2D eigenvalue weighted by Crippen LogP contribution is 2.21. The fourth-order valence-electron chi connectivity index (χ4n) is 3.56. The number of amides is 1. The second-order valence-corrected chi connectivity index (χ2v) is 6.73. The zero-order valence-corrected chi connectivity index (χ0v) is 13.9. The Morgan fingerprint density at radius 3 is 3.12 bits per heavy atom. The number of imidazole rings is 1. The number of aryl methyl sites for hydroxylation is 1. The fourth-order valence-corrected chi connectivity index (χ4v) is 3.56. The number of ether oxygens (including phenoxy) is 1. The van der Waals surface area contributed by atoms with Gasteiger partial charge in [0.05, 0.1) is 24.4 Å². The maximum absolute atomic E-state index is 12.6. The van der Waals surface area contributed by atoms with Crippen molar-refractivity contribution in [3.8, 4) is 0 Å². The van der Waals surface area contributed by atoms with E-state index in [1.165, 1.54) is 0 Å². The molecule has 0 radical (unpaired) electrons. The minimum Gasteiger partial charge on any atom is -0.381 e. The van der Waals surface area contributed by atoms with Crippen LogP contribution in [0.3, 0.4) is 0 Å². The first-order valence-electron chi connectivity index (χ1n) is 8.65. The quantitative estimate of drug-likeness (QED) is 0.923. The summed E-state index contributed by atoms with van der Waals surface area (Å²) in [7, 11) is 0. The third-order valence-electron chi connectivity index (χ3n) is 4.80. The Kier molecular flexibility index (Phi) is 4.10. The molecule has 0 aromatic carbocycles. The van der Waals surface area contributed by atoms with Gasteiger partial charge in [-0.05, 0) is 38.3 Å². The maximum atomic E-state index is 12.6. The molecule has 0 bridgehead atoms. The number of nitrogens with zero attached hydrogens (tertiary/aromatic N) is 4. The van der Waals surface area contributed by atoms with Crippen LogP contribution in [0, 0.1) is 12.8 Å². The van der Waals surface area contributed by atoms with Crippen molar-refractivity contribution >= 4 is 17.4 Å². The summed E-state index contributed by atoms with van der Waals surface area (Å²) in [6.45, 7) is 4.86. The van der Waals surface area contributed by atoms with Crippen molar-refractivity contribution in [2.45, 2.75) is 32.2 Å². The van der Waals surface area contributed by atoms with Gasteiger partial charge in [0.1, 0.15) is 5.82 Å². The third-order valence-corrected chi connectivity index (χ3v) is 4.80. The number of carbonyl (C=O) groups excluding carboxylic acids is 1. The highest BCUT2D eigenvalue weighted by atomic mass is 16.5. The third kappa shape index (κ3) is 3.08. The minimum absolute atomic E-state index is 0.0425. The molecule has 2 fully saturated rings. The van der Waals surface area contributed by atoms with Crippen molar-refractivity contribution in [3.05, 3.63) is 24.0 Å². The Morgan fingerprint density at radius 2 is 2.29 bits per heavy atom. The fraction of sp³-hybridized carbons (Fsp3) is 0.588. The predicted octanol–water partition coefficient (Wildman–Crippen LogP) is 1.48. The van der Waals surface area contributed by atoms with Gasteiger partial charge in [0, 0.05) is 25.7 Å². The van der Waals surface area contributed by atoms with Gasteiger partial charge >= 0.3 is 0 Å². The van der Waals surface area contributed by atoms with E-state index in [0.29, 0.717) is 6.61 Å². The average Bonchev–Trinajstić information content (AvgIpc) is 3.20. The van der Waals surface area contributed by atoms with Crippen molar-refractivity contribution < 1.29 is 9.53 Å². The number of aromatic nitrogens is 3. The topological polar surface area (TPSA) is 71.8 Å². The van der Waals surface area contributed by atoms with Crippen LogP contribution in [0.15, 0.2) is 18.3 Å². The highest BCUT2D eigenvalue weighted by Gasteiger charge is 2.32. The number of hydrogen-bond donors (Lipinski definition) is 1. The van der Waals surface area contributed by atoms with E-state index in [0.717, 1.165) is 56.1 Å². The molecular formula is C17H23N5O2. The molecule has 2 aliphatic rings. The van der Waals surface area contributed by atoms with Gasteiger partial charge in [0.25, 0.3) is 0 Å². The Bertz CT molecular complexity index is 738. The van der Waals surface area contributed by atoms with Gasteiger partial charge in [-0.3, -0.25) is 4.79 Å². The number of carbonyl (C=O) groups is 1. The van der Waals surface area contributed by atoms with Crippen molar-refractivity contribution in [3.63, 3.8) is 0 Å². The van der Waals surface area contributed by atoms with Gasteiger partial charge < -0.3 is 15.0 Å². The van der Waals surface area contributed by atoms with Crippen LogP contribution in [0.25, 0.3) is 5.65 Å². The van der Waals surface area contributed by atoms with Crippen LogP contribution in [0.5, 0.6) is 0 Å². The van der Waals surface area contributed by atoms with Crippen molar-refractivity contribution in [1.29, 1.82) is 0 Å². The summed E-state index contributed by atoms with van der Waals surface area (Å²) in [6, 6.07) is 4.15. The maximum Gasteiger partial charge on any atom is 0.228 e. The molecule has 0 aliphatic carbocycles. The van der Waals surface area contributed by atoms with Crippen LogP contribution in [0.4, 0.5) is 5.82 Å². The van der Waals surface area contributed by atoms with E-state index < -0.39 is 0 Å². The average molecular weight is 329 g/mol. The normalized spacial score (nSPS) is 24.5. The molecular weight excluding hydrogens is 306 g/mol. The molecule has 4 heterocycles. The molecule has 128 valence electrons. The van der Waals surface area contributed by atoms with Crippen molar-refractivity contribution in [2.24, 2.45) is 5.92 Å². The summed E-state index contributed by atoms with van der Waals surface area (Å²) in [6.07, 6.45) is 4.79. The Balaban J connectivity index is 1.38. The Labute approximate surface area is 141 Å². The van der Waals surface area contributed by atoms with Gasteiger partial charge in [-0.25, -0.2) is 9.50 Å². The van der Waals surface area contributed by atoms with Gasteiger partial charge in [-0.15, -0.1) is 5.10 Å². The minimum atomic E-state index is 0.0425. The first-order valence-corrected chi connectivity index (χ1v) is 8.65. The number of fused-ring (bicyclic) bond motifs is 1. The van der Waals surface area contributed by atoms with Crippen LogP contribution in [-0.2, 0) is 9.53 Å². The first kappa shape index (κ1) is 15.4. The van der Waals surface area contributed by atoms with Crippen LogP contribution < -0.4 is 5.32 Å². The summed E-state index contributed by atoms with van der Waals surface area (Å²) in [5.74, 6) is 1.11. The number of likely N-dealkylation sites (tertiary alicyclic amines) is 1. The summed E-state index contributed by atoms with van der Waals surface area (Å²) in [5, 5.41) is 7.98. The van der Waals surface area contributed by atoms with Gasteiger partial charge in [0.15, 0.2) is 5.65 Å². The smallest absolute Gasteiger partial charge is 0.228 e. The molecule has 2 atom stereocenters. The van der Waals surface area contributed by atoms with E-state index >= 15 is 0 Å². The van der Waals surface area contributed by atoms with Gasteiger partial charge in [0.2, 0.25) is 5.91 Å². The summed E-state index contributed by atoms with van der Waals surface area (Å²) < 4.78 is 7.23. The second-order valence-electron chi connectivity index (χ2n) is 6.73. The first-order chi connectivity index (χ1) is 11.7. The summed E-state index contributed by atoms with van der Waals surface area (Å²) in [4.78, 5) is 18.9. The van der Waals surface area contributed by atoms with Crippen LogP contribution in [-0.4, -0.2) is 57.8 Å². The molecule has 7 heteroatoms. The molecule has 24 heavy (non-hydrogen) atoms. The lowest BCUT2D eigenvalue weighted by Gasteiger charge is -2.26. The molecule has 2 aliphatic heterocycles. The number of anilines is 1. The number of nitrogens with one attached hydrogen (secondary N) is 1. The largest absolute Gasteiger partial charge is 0.381 e. The van der Waals surface area contributed by atoms with E-state index in [1.54, 1.807) is 4.52 Å². The van der Waals surface area contributed by atoms with Crippen molar-refractivity contribution in [2.75, 3.05) is 31.6 Å². The molecule has 1 amide bonds. The Morgan fingerprint density at radius 1 is 1.38 bits per heavy atom. The molecule has 2 aromatic heterocycles. The molecule has 2 saturated heterocycles. The van der Waals surface area contributed by atoms with Crippen molar-refractivity contribution in [1.82, 2.24) is 19.5 Å². The molecule has 4 rings (SSSR count). The molecule has 0 saturated carbocycles. The molecule has 7 nitrogen and oxygen atoms in total. The lowest BCUT2D eigenvalue weighted by molar-refractivity contribution is -0.138. The monoisotopic (exact) mass is 329 g/mol. The van der Waals surface area contributed by atoms with E-state index in [-0.39, 0.29) is 17.9 Å². The second kappa shape index (κ2) is 6.39. The number of rotatable bonds is 3. The lowest BCUT2D eigenvalue weighted by Crippen LogP contribution is -2.39. The zero-order chi connectivity index (χ0) is 16.5. The summed E-state index contributed by atoms with van der Waals surface area (Å²) >= 11 is 0. The zero-order valence-electron chi connectivity index (χ0n) is 13.9. The SMILES string of the molecule is Cc1cn2nc(N[C@H]3CCN(C(=O)[C@H]4CCCOC4)C3)ccc2n1. The lowest BCUT2D eigenvalue weighted by atomic mass is 10.0. The van der Waals surface area contributed by atoms with Gasteiger partial charge in [-0.2, -0.15) is 0 Å². The van der Waals surface area contributed by atoms with Crippen LogP contribution >= 0.6 is 0 Å². The predicted molar refractivity (Wildman–Crippen MR) is 89.9 cm³/mol. The summed E-state index contributed by atoms with van der Waals surface area (Å²) in [5.41, 5.74) is 1.80. The van der Waals surface area contributed by atoms with E-state index in [1.807, 2.05) is 30.2 Å². The van der Waals surface area contributed by atoms with E-state index in [4.69, 9.17) is 4.74 Å². The molecule has 0 unspecified atom stereocenters. The van der Waals surface area contributed by atoms with E-state index in [9.17, 15) is 4.79 Å². The van der Waals surface area contributed by atoms with Crippen LogP contribution in [0.2, 0.25) is 0 Å². The standard InChI is InChI=1S/C17H23N5O2/c1-12-9-22-16(18-12)5-4-15(20-22)19-14-6-7-21(10-14)17(23)13-3-2-8-24-11-13/h4-5,9,13-14H,2-3,6-8,10-11H2,1H3,(H,19,20)/t13-,14-/m0/s1. The molecule has 0 spiro atoms. The number of hydrogen-bond acceptors (Lipinski definition) is 5.